The zero-order valence-electron chi connectivity index (χ0n) is 9.50. The Balaban J connectivity index is 1.69. The molecule has 0 aliphatic carbocycles. The van der Waals surface area contributed by atoms with Gasteiger partial charge in [-0.2, -0.15) is 0 Å². The van der Waals surface area contributed by atoms with Gasteiger partial charge in [-0.15, -0.1) is 0 Å². The summed E-state index contributed by atoms with van der Waals surface area (Å²) in [7, 11) is 3.50. The molecule has 0 radical (unpaired) electrons. The smallest absolute Gasteiger partial charge is 0.147 e. The molecule has 0 saturated carbocycles. The molecule has 1 heterocycles. The molecular weight excluding hydrogens is 270 g/mol. The SMILES string of the molecule is S=C(SSCc1ccccc1)N1CCOCC1. The average molecular weight is 285 g/mol. The Bertz CT molecular complexity index is 352. The van der Waals surface area contributed by atoms with Gasteiger partial charge in [-0.3, -0.25) is 0 Å². The van der Waals surface area contributed by atoms with Crippen molar-refractivity contribution in [2.75, 3.05) is 26.3 Å². The summed E-state index contributed by atoms with van der Waals surface area (Å²) >= 11 is 5.40. The molecule has 2 nitrogen and oxygen atoms in total. The molecule has 0 unspecified atom stereocenters. The largest absolute Gasteiger partial charge is 0.378 e. The van der Waals surface area contributed by atoms with E-state index in [0.717, 1.165) is 36.4 Å². The lowest BCUT2D eigenvalue weighted by molar-refractivity contribution is 0.0703. The zero-order valence-corrected chi connectivity index (χ0v) is 12.0. The Labute approximate surface area is 115 Å². The maximum Gasteiger partial charge on any atom is 0.147 e. The number of benzene rings is 1. The summed E-state index contributed by atoms with van der Waals surface area (Å²) in [4.78, 5) is 2.22. The lowest BCUT2D eigenvalue weighted by Gasteiger charge is -2.28. The number of nitrogens with zero attached hydrogens (tertiary/aromatic N) is 1. The highest BCUT2D eigenvalue weighted by Crippen LogP contribution is 2.28. The Morgan fingerprint density at radius 3 is 2.65 bits per heavy atom. The molecule has 1 aliphatic rings. The average Bonchev–Trinajstić information content (AvgIpc) is 2.41. The zero-order chi connectivity index (χ0) is 11.9. The summed E-state index contributed by atoms with van der Waals surface area (Å²) in [5, 5.41) is 0. The van der Waals surface area contributed by atoms with E-state index in [4.69, 9.17) is 17.0 Å². The second-order valence-corrected chi connectivity index (χ2v) is 6.63. The number of rotatable bonds is 3. The summed E-state index contributed by atoms with van der Waals surface area (Å²) in [6.45, 7) is 3.45. The second-order valence-electron chi connectivity index (χ2n) is 3.70. The standard InChI is InChI=1S/C12H15NOS3/c15-12(13-6-8-14-9-7-13)17-16-10-11-4-2-1-3-5-11/h1-5H,6-10H2. The van der Waals surface area contributed by atoms with Gasteiger partial charge < -0.3 is 9.64 Å². The van der Waals surface area contributed by atoms with Crippen LogP contribution in [0.4, 0.5) is 0 Å². The molecule has 0 bridgehead atoms. The van der Waals surface area contributed by atoms with E-state index in [1.807, 2.05) is 6.07 Å². The van der Waals surface area contributed by atoms with Crippen molar-refractivity contribution in [2.45, 2.75) is 5.75 Å². The number of ether oxygens (including phenoxy) is 1. The summed E-state index contributed by atoms with van der Waals surface area (Å²) in [6.07, 6.45) is 0. The first kappa shape index (κ1) is 13.2. The molecule has 1 saturated heterocycles. The lowest BCUT2D eigenvalue weighted by Crippen LogP contribution is -2.38. The molecule has 0 amide bonds. The van der Waals surface area contributed by atoms with Gasteiger partial charge in [-0.05, 0) is 16.4 Å². The van der Waals surface area contributed by atoms with E-state index in [-0.39, 0.29) is 0 Å². The Morgan fingerprint density at radius 1 is 1.24 bits per heavy atom. The monoisotopic (exact) mass is 285 g/mol. The van der Waals surface area contributed by atoms with Crippen molar-refractivity contribution in [2.24, 2.45) is 0 Å². The molecule has 1 aromatic rings. The van der Waals surface area contributed by atoms with Crippen molar-refractivity contribution in [1.29, 1.82) is 0 Å². The van der Waals surface area contributed by atoms with E-state index >= 15 is 0 Å². The lowest BCUT2D eigenvalue weighted by atomic mass is 10.2. The predicted molar refractivity (Wildman–Crippen MR) is 80.3 cm³/mol. The number of morpholine rings is 1. The fraction of sp³-hybridized carbons (Fsp3) is 0.417. The van der Waals surface area contributed by atoms with Gasteiger partial charge in [0.1, 0.15) is 4.32 Å². The van der Waals surface area contributed by atoms with Crippen LogP contribution in [0, 0.1) is 0 Å². The molecule has 5 heteroatoms. The van der Waals surface area contributed by atoms with E-state index in [1.165, 1.54) is 5.56 Å². The van der Waals surface area contributed by atoms with Crippen molar-refractivity contribution < 1.29 is 4.74 Å². The van der Waals surface area contributed by atoms with Gasteiger partial charge in [0.2, 0.25) is 0 Å². The second kappa shape index (κ2) is 7.26. The van der Waals surface area contributed by atoms with E-state index < -0.39 is 0 Å². The molecule has 1 fully saturated rings. The quantitative estimate of drug-likeness (QED) is 0.623. The van der Waals surface area contributed by atoms with Crippen LogP contribution in [0.1, 0.15) is 5.56 Å². The summed E-state index contributed by atoms with van der Waals surface area (Å²) in [5.41, 5.74) is 1.34. The van der Waals surface area contributed by atoms with E-state index in [1.54, 1.807) is 21.6 Å². The van der Waals surface area contributed by atoms with Crippen LogP contribution in [0.25, 0.3) is 0 Å². The normalized spacial score (nSPS) is 15.9. The molecule has 0 spiro atoms. The van der Waals surface area contributed by atoms with Crippen LogP contribution in [-0.4, -0.2) is 35.5 Å². The van der Waals surface area contributed by atoms with Crippen LogP contribution in [0.5, 0.6) is 0 Å². The third-order valence-electron chi connectivity index (χ3n) is 2.47. The van der Waals surface area contributed by atoms with Crippen molar-refractivity contribution in [1.82, 2.24) is 4.90 Å². The molecule has 1 aliphatic heterocycles. The summed E-state index contributed by atoms with van der Waals surface area (Å²) < 4.78 is 6.29. The van der Waals surface area contributed by atoms with E-state index in [2.05, 4.69) is 29.2 Å². The van der Waals surface area contributed by atoms with Gasteiger partial charge in [0, 0.05) is 18.8 Å². The number of hydrogen-bond acceptors (Lipinski definition) is 4. The summed E-state index contributed by atoms with van der Waals surface area (Å²) in [6, 6.07) is 10.5. The van der Waals surface area contributed by atoms with Gasteiger partial charge in [-0.1, -0.05) is 53.3 Å². The third-order valence-corrected chi connectivity index (χ3v) is 5.44. The Hall–Kier alpha value is -0.230. The highest BCUT2D eigenvalue weighted by molar-refractivity contribution is 8.83. The molecule has 92 valence electrons. The van der Waals surface area contributed by atoms with Crippen LogP contribution in [0.3, 0.4) is 0 Å². The molecule has 0 aromatic heterocycles. The highest BCUT2D eigenvalue weighted by atomic mass is 33.1. The maximum atomic E-state index is 5.40. The molecule has 1 aromatic carbocycles. The van der Waals surface area contributed by atoms with Gasteiger partial charge in [0.15, 0.2) is 0 Å². The van der Waals surface area contributed by atoms with E-state index in [9.17, 15) is 0 Å². The maximum absolute atomic E-state index is 5.40. The van der Waals surface area contributed by atoms with Crippen molar-refractivity contribution >= 4 is 38.1 Å². The highest BCUT2D eigenvalue weighted by Gasteiger charge is 2.13. The fourth-order valence-corrected chi connectivity index (χ4v) is 4.12. The fourth-order valence-electron chi connectivity index (χ4n) is 1.52. The van der Waals surface area contributed by atoms with E-state index in [0.29, 0.717) is 0 Å². The summed E-state index contributed by atoms with van der Waals surface area (Å²) in [5.74, 6) is 0.996. The number of thiocarbonyl (C=S) groups is 1. The molecule has 0 atom stereocenters. The third kappa shape index (κ3) is 4.50. The topological polar surface area (TPSA) is 12.5 Å². The van der Waals surface area contributed by atoms with Crippen LogP contribution in [0.2, 0.25) is 0 Å². The first-order chi connectivity index (χ1) is 8.36. The van der Waals surface area contributed by atoms with Gasteiger partial charge in [0.25, 0.3) is 0 Å². The first-order valence-corrected chi connectivity index (χ1v) is 8.29. The first-order valence-electron chi connectivity index (χ1n) is 5.56. The van der Waals surface area contributed by atoms with Gasteiger partial charge in [-0.25, -0.2) is 0 Å². The van der Waals surface area contributed by atoms with Crippen LogP contribution >= 0.6 is 33.8 Å². The Morgan fingerprint density at radius 2 is 1.94 bits per heavy atom. The van der Waals surface area contributed by atoms with Crippen molar-refractivity contribution in [3.8, 4) is 0 Å². The minimum Gasteiger partial charge on any atom is -0.378 e. The van der Waals surface area contributed by atoms with Crippen LogP contribution in [0.15, 0.2) is 30.3 Å². The molecular formula is C12H15NOS3. The predicted octanol–water partition coefficient (Wildman–Crippen LogP) is 3.19. The van der Waals surface area contributed by atoms with Crippen LogP contribution < -0.4 is 0 Å². The minimum atomic E-state index is 0.796. The van der Waals surface area contributed by atoms with Crippen molar-refractivity contribution in [3.05, 3.63) is 35.9 Å². The Kier molecular flexibility index (Phi) is 5.64. The molecule has 2 rings (SSSR count). The molecule has 17 heavy (non-hydrogen) atoms. The van der Waals surface area contributed by atoms with Crippen molar-refractivity contribution in [3.63, 3.8) is 0 Å². The van der Waals surface area contributed by atoms with Gasteiger partial charge >= 0.3 is 0 Å². The number of hydrogen-bond donors (Lipinski definition) is 0. The molecule has 0 N–H and O–H groups in total. The van der Waals surface area contributed by atoms with Crippen LogP contribution in [-0.2, 0) is 10.5 Å². The van der Waals surface area contributed by atoms with Gasteiger partial charge in [0.05, 0.1) is 13.2 Å². The minimum absolute atomic E-state index is 0.796.